The molecule has 1 aliphatic rings. The molecule has 8 rings (SSSR count). The van der Waals surface area contributed by atoms with E-state index < -0.39 is 0 Å². The van der Waals surface area contributed by atoms with Gasteiger partial charge in [0.1, 0.15) is 74.1 Å². The lowest BCUT2D eigenvalue weighted by molar-refractivity contribution is 0.586. The summed E-state index contributed by atoms with van der Waals surface area (Å²) in [6.07, 6.45) is 5.22. The van der Waals surface area contributed by atoms with Crippen LogP contribution in [0.5, 0.6) is 0 Å². The van der Waals surface area contributed by atoms with Crippen LogP contribution >= 0.6 is 0 Å². The first kappa shape index (κ1) is 30.9. The Kier molecular flexibility index (Phi) is 7.33. The minimum absolute atomic E-state index is 0.187. The highest BCUT2D eigenvalue weighted by molar-refractivity contribution is 6.71. The number of benzene rings is 6. The van der Waals surface area contributed by atoms with Crippen LogP contribution in [0.1, 0.15) is 30.6 Å². The van der Waals surface area contributed by atoms with E-state index in [2.05, 4.69) is 43.3 Å². The Balaban J connectivity index is 1.44. The van der Waals surface area contributed by atoms with Crippen molar-refractivity contribution in [3.05, 3.63) is 90.2 Å². The molecule has 1 unspecified atom stereocenters. The smallest absolute Gasteiger partial charge is 0.135 e. The molecule has 48 heavy (non-hydrogen) atoms. The lowest BCUT2D eigenvalue weighted by atomic mass is 9.59. The topological polar surface area (TPSA) is 13.1 Å². The highest BCUT2D eigenvalue weighted by Gasteiger charge is 2.25. The first-order valence-electron chi connectivity index (χ1n) is 15.7. The van der Waals surface area contributed by atoms with Crippen LogP contribution < -0.4 is 43.7 Å². The molecule has 1 atom stereocenters. The fourth-order valence-electron chi connectivity index (χ4n) is 7.40. The molecule has 0 aliphatic heterocycles. The minimum atomic E-state index is 0.187. The number of furan rings is 1. The molecule has 0 spiro atoms. The third-order valence-corrected chi connectivity index (χ3v) is 9.89. The highest BCUT2D eigenvalue weighted by atomic mass is 16.3. The van der Waals surface area contributed by atoms with Gasteiger partial charge in [-0.05, 0) is 85.5 Å². The molecule has 1 heterocycles. The van der Waals surface area contributed by atoms with Crippen molar-refractivity contribution in [3.8, 4) is 33.4 Å². The van der Waals surface area contributed by atoms with Crippen molar-refractivity contribution >= 4 is 145 Å². The summed E-state index contributed by atoms with van der Waals surface area (Å²) in [4.78, 5) is 0. The van der Waals surface area contributed by atoms with E-state index in [1.807, 2.05) is 48.5 Å². The van der Waals surface area contributed by atoms with Gasteiger partial charge in [-0.1, -0.05) is 95.5 Å². The summed E-state index contributed by atoms with van der Waals surface area (Å²) in [5, 5.41) is 3.53. The van der Waals surface area contributed by atoms with Crippen LogP contribution in [0.25, 0.3) is 72.0 Å². The summed E-state index contributed by atoms with van der Waals surface area (Å²) < 4.78 is 6.16. The van der Waals surface area contributed by atoms with Crippen molar-refractivity contribution in [2.75, 3.05) is 0 Å². The van der Waals surface area contributed by atoms with E-state index in [0.29, 0.717) is 38.6 Å². The molecule has 7 aromatic rings. The second-order valence-corrected chi connectivity index (χ2v) is 12.6. The molecule has 0 amide bonds. The maximum absolute atomic E-state index is 6.85. The number of fused-ring (bicyclic) bond motifs is 5. The van der Waals surface area contributed by atoms with Crippen LogP contribution in [-0.4, -0.2) is 62.8 Å². The minimum Gasteiger partial charge on any atom is -0.456 e. The zero-order valence-electron chi connectivity index (χ0n) is 26.4. The van der Waals surface area contributed by atoms with Crippen LogP contribution in [0.15, 0.2) is 83.3 Å². The third kappa shape index (κ3) is 4.43. The van der Waals surface area contributed by atoms with Gasteiger partial charge >= 0.3 is 0 Å². The van der Waals surface area contributed by atoms with Gasteiger partial charge in [-0.2, -0.15) is 0 Å². The van der Waals surface area contributed by atoms with Crippen LogP contribution in [-0.2, 0) is 0 Å². The Labute approximate surface area is 291 Å². The summed E-state index contributed by atoms with van der Waals surface area (Å²) in [7, 11) is 53.3. The molecule has 0 fully saturated rings. The maximum Gasteiger partial charge on any atom is 0.135 e. The Bertz CT molecular complexity index is 2430. The predicted molar refractivity (Wildman–Crippen MR) is 213 cm³/mol. The third-order valence-electron chi connectivity index (χ3n) is 9.89. The van der Waals surface area contributed by atoms with Gasteiger partial charge in [0.2, 0.25) is 0 Å². The average Bonchev–Trinajstić information content (AvgIpc) is 3.49. The Hall–Kier alpha value is -4.36. The lowest BCUT2D eigenvalue weighted by Crippen LogP contribution is -2.50. The number of allylic oxidation sites excluding steroid dienone is 1. The van der Waals surface area contributed by atoms with E-state index in [-0.39, 0.29) is 43.7 Å². The average molecular weight is 591 g/mol. The van der Waals surface area contributed by atoms with Crippen molar-refractivity contribution in [1.82, 2.24) is 0 Å². The number of hydrogen-bond acceptors (Lipinski definition) is 1. The predicted octanol–water partition coefficient (Wildman–Crippen LogP) is 1.61. The molecule has 16 radical (unpaired) electrons. The molecule has 1 aliphatic carbocycles. The summed E-state index contributed by atoms with van der Waals surface area (Å²) in [6, 6.07) is 24.2. The van der Waals surface area contributed by atoms with E-state index in [9.17, 15) is 0 Å². The van der Waals surface area contributed by atoms with E-state index in [1.54, 1.807) is 0 Å². The van der Waals surface area contributed by atoms with Crippen LogP contribution in [0, 0.1) is 0 Å². The second kappa shape index (κ2) is 11.4. The number of rotatable bonds is 3. The molecule has 0 saturated carbocycles. The maximum atomic E-state index is 6.85. The van der Waals surface area contributed by atoms with Gasteiger partial charge in [-0.15, -0.1) is 21.9 Å². The molecule has 1 nitrogen and oxygen atoms in total. The van der Waals surface area contributed by atoms with Gasteiger partial charge in [0, 0.05) is 10.9 Å². The zero-order valence-corrected chi connectivity index (χ0v) is 26.4. The summed E-state index contributed by atoms with van der Waals surface area (Å²) in [6.45, 7) is 2.23. The van der Waals surface area contributed by atoms with Crippen LogP contribution in [0.3, 0.4) is 0 Å². The van der Waals surface area contributed by atoms with Crippen molar-refractivity contribution in [2.24, 2.45) is 0 Å². The van der Waals surface area contributed by atoms with E-state index in [4.69, 9.17) is 67.2 Å². The van der Waals surface area contributed by atoms with Crippen molar-refractivity contribution < 1.29 is 4.42 Å². The fourth-order valence-corrected chi connectivity index (χ4v) is 7.40. The van der Waals surface area contributed by atoms with Gasteiger partial charge in [-0.25, -0.2) is 0 Å². The van der Waals surface area contributed by atoms with Gasteiger partial charge in [0.15, 0.2) is 0 Å². The summed E-state index contributed by atoms with van der Waals surface area (Å²) in [5.41, 5.74) is 9.08. The lowest BCUT2D eigenvalue weighted by Gasteiger charge is -2.28. The molecule has 0 saturated heterocycles. The van der Waals surface area contributed by atoms with Gasteiger partial charge in [-0.3, -0.25) is 0 Å². The molecule has 1 aromatic heterocycles. The Morgan fingerprint density at radius 2 is 0.979 bits per heavy atom. The summed E-state index contributed by atoms with van der Waals surface area (Å²) in [5.74, 6) is 1.31. The monoisotopic (exact) mass is 592 g/mol. The quantitative estimate of drug-likeness (QED) is 0.225. The van der Waals surface area contributed by atoms with Crippen LogP contribution in [0.2, 0.25) is 0 Å². The SMILES string of the molecule is [B]c1c([B])c([B])c2c(-c3ccc(-c4ccc5oc6c(c5c4)C(C)CC=C6)cc3)c3c([B])c([B])c([B])c([B])c3c(-c3ccccc3)c2c1[B]. The first-order valence-corrected chi connectivity index (χ1v) is 15.7. The normalized spacial score (nSPS) is 14.2. The van der Waals surface area contributed by atoms with E-state index in [1.165, 1.54) is 5.56 Å². The zero-order chi connectivity index (χ0) is 33.6. The molecule has 0 N–H and O–H groups in total. The second-order valence-electron chi connectivity index (χ2n) is 12.6. The van der Waals surface area contributed by atoms with E-state index in [0.717, 1.165) is 45.4 Å². The van der Waals surface area contributed by atoms with Crippen molar-refractivity contribution in [1.29, 1.82) is 0 Å². The van der Waals surface area contributed by atoms with Crippen molar-refractivity contribution in [2.45, 2.75) is 19.3 Å². The van der Waals surface area contributed by atoms with Crippen molar-refractivity contribution in [3.63, 3.8) is 0 Å². The Morgan fingerprint density at radius 1 is 0.521 bits per heavy atom. The fraction of sp³-hybridized carbons (Fsp3) is 0.0769. The Morgan fingerprint density at radius 3 is 1.50 bits per heavy atom. The molecular formula is C39H20B8O. The highest BCUT2D eigenvalue weighted by Crippen LogP contribution is 2.42. The molecule has 6 aromatic carbocycles. The summed E-state index contributed by atoms with van der Waals surface area (Å²) >= 11 is 0. The van der Waals surface area contributed by atoms with E-state index >= 15 is 0 Å². The first-order chi connectivity index (χ1) is 23.1. The largest absolute Gasteiger partial charge is 0.456 e. The number of hydrogen-bond donors (Lipinski definition) is 0. The van der Waals surface area contributed by atoms with Gasteiger partial charge in [0.25, 0.3) is 0 Å². The standard InChI is InChI=1S/C39H20B8O/c1-17-6-5-9-24-25(17)22-16-21(14-15-23(22)48-24)18-10-12-20(13-11-18)27-30-28(32(40)36(44)38(46)34(30)42)26(19-7-3-2-4-8-19)29-31(27)35(43)39(47)37(45)33(29)41/h2-5,7-17H,6H2,1H3. The molecule has 0 bridgehead atoms. The van der Waals surface area contributed by atoms with Gasteiger partial charge < -0.3 is 4.42 Å². The molecule has 206 valence electrons. The van der Waals surface area contributed by atoms with Crippen LogP contribution in [0.4, 0.5) is 0 Å². The van der Waals surface area contributed by atoms with Gasteiger partial charge in [0.05, 0.1) is 0 Å². The molecular weight excluding hydrogens is 571 g/mol. The molecule has 9 heteroatoms.